The van der Waals surface area contributed by atoms with E-state index < -0.39 is 0 Å². The van der Waals surface area contributed by atoms with Gasteiger partial charge in [0.1, 0.15) is 11.2 Å². The van der Waals surface area contributed by atoms with Crippen LogP contribution in [-0.4, -0.2) is 4.57 Å². The van der Waals surface area contributed by atoms with Gasteiger partial charge in [0.25, 0.3) is 0 Å². The summed E-state index contributed by atoms with van der Waals surface area (Å²) in [6.07, 6.45) is 0. The molecule has 0 aliphatic heterocycles. The number of nitrogens with zero attached hydrogens (tertiary/aromatic N) is 1. The maximum absolute atomic E-state index is 6.43. The molecular formula is C36H21NOS. The number of benzene rings is 6. The Kier molecular flexibility index (Phi) is 4.24. The summed E-state index contributed by atoms with van der Waals surface area (Å²) in [5.41, 5.74) is 7.84. The van der Waals surface area contributed by atoms with Gasteiger partial charge in [0.2, 0.25) is 0 Å². The quantitative estimate of drug-likeness (QED) is 0.224. The van der Waals surface area contributed by atoms with E-state index in [1.165, 1.54) is 58.5 Å². The third kappa shape index (κ3) is 2.91. The van der Waals surface area contributed by atoms with Gasteiger partial charge in [0.15, 0.2) is 0 Å². The largest absolute Gasteiger partial charge is 0.456 e. The highest BCUT2D eigenvalue weighted by Gasteiger charge is 2.18. The second-order valence-electron chi connectivity index (χ2n) is 10.1. The summed E-state index contributed by atoms with van der Waals surface area (Å²) in [7, 11) is 0. The van der Waals surface area contributed by atoms with E-state index in [0.29, 0.717) is 0 Å². The molecule has 0 N–H and O–H groups in total. The minimum atomic E-state index is 0.908. The van der Waals surface area contributed by atoms with Crippen molar-refractivity contribution in [1.82, 2.24) is 4.57 Å². The molecule has 39 heavy (non-hydrogen) atoms. The molecule has 0 radical (unpaired) electrons. The Hall–Kier alpha value is -4.86. The topological polar surface area (TPSA) is 18.1 Å². The molecule has 0 fully saturated rings. The van der Waals surface area contributed by atoms with Crippen molar-refractivity contribution in [2.75, 3.05) is 0 Å². The van der Waals surface area contributed by atoms with Crippen LogP contribution in [0.15, 0.2) is 132 Å². The van der Waals surface area contributed by atoms with Crippen molar-refractivity contribution in [3.05, 3.63) is 127 Å². The Bertz CT molecular complexity index is 2350. The highest BCUT2D eigenvalue weighted by atomic mass is 32.1. The molecule has 182 valence electrons. The number of aromatic nitrogens is 1. The summed E-state index contributed by atoms with van der Waals surface area (Å²) in [5, 5.41) is 7.46. The third-order valence-electron chi connectivity index (χ3n) is 8.01. The van der Waals surface area contributed by atoms with Crippen LogP contribution in [0.3, 0.4) is 0 Å². The summed E-state index contributed by atoms with van der Waals surface area (Å²) in [6.45, 7) is 0. The van der Waals surface area contributed by atoms with Gasteiger partial charge in [-0.05, 0) is 48.0 Å². The Balaban J connectivity index is 1.36. The second kappa shape index (κ2) is 7.83. The third-order valence-corrected chi connectivity index (χ3v) is 9.23. The molecule has 3 aromatic heterocycles. The molecular weight excluding hydrogens is 494 g/mol. The van der Waals surface area contributed by atoms with Gasteiger partial charge in [-0.1, -0.05) is 84.9 Å². The fourth-order valence-electron chi connectivity index (χ4n) is 6.34. The van der Waals surface area contributed by atoms with Crippen LogP contribution in [0.4, 0.5) is 0 Å². The molecule has 0 saturated heterocycles. The van der Waals surface area contributed by atoms with E-state index in [4.69, 9.17) is 4.42 Å². The van der Waals surface area contributed by atoms with Gasteiger partial charge in [-0.2, -0.15) is 0 Å². The van der Waals surface area contributed by atoms with E-state index in [9.17, 15) is 0 Å². The first-order valence-electron chi connectivity index (χ1n) is 13.2. The molecule has 0 aliphatic carbocycles. The van der Waals surface area contributed by atoms with Crippen molar-refractivity contribution in [3.63, 3.8) is 0 Å². The summed E-state index contributed by atoms with van der Waals surface area (Å²) in [4.78, 5) is 0. The van der Waals surface area contributed by atoms with Crippen LogP contribution >= 0.6 is 11.3 Å². The monoisotopic (exact) mass is 515 g/mol. The SMILES string of the molecule is c1cc(-c2cccc3c2sc2ccccc23)c2c(c1)oc1ccc(-n3c4ccccc4c4ccccc43)cc12. The van der Waals surface area contributed by atoms with Crippen molar-refractivity contribution in [2.24, 2.45) is 0 Å². The van der Waals surface area contributed by atoms with Gasteiger partial charge in [-0.25, -0.2) is 0 Å². The first kappa shape index (κ1) is 21.1. The molecule has 0 spiro atoms. The van der Waals surface area contributed by atoms with Gasteiger partial charge in [0.05, 0.1) is 11.0 Å². The zero-order valence-electron chi connectivity index (χ0n) is 20.9. The molecule has 9 rings (SSSR count). The minimum Gasteiger partial charge on any atom is -0.456 e. The summed E-state index contributed by atoms with van der Waals surface area (Å²) in [5.74, 6) is 0. The molecule has 0 saturated carbocycles. The standard InChI is InChI=1S/C36H21NOS/c1-4-15-30-23(9-1)24-10-2-5-16-31(24)37(30)22-19-20-32-29(21-22)35-26(12-8-17-33(35)38-32)28-14-7-13-27-25-11-3-6-18-34(25)39-36(27)28/h1-21H. The minimum absolute atomic E-state index is 0.908. The lowest BCUT2D eigenvalue weighted by atomic mass is 9.97. The number of fused-ring (bicyclic) bond motifs is 9. The summed E-state index contributed by atoms with van der Waals surface area (Å²) < 4.78 is 11.4. The number of furan rings is 1. The highest BCUT2D eigenvalue weighted by Crippen LogP contribution is 2.44. The van der Waals surface area contributed by atoms with Crippen molar-refractivity contribution >= 4 is 75.3 Å². The molecule has 2 nitrogen and oxygen atoms in total. The Morgan fingerprint density at radius 3 is 1.97 bits per heavy atom. The van der Waals surface area contributed by atoms with Gasteiger partial charge in [-0.3, -0.25) is 0 Å². The fourth-order valence-corrected chi connectivity index (χ4v) is 7.57. The first-order chi connectivity index (χ1) is 19.3. The van der Waals surface area contributed by atoms with E-state index in [2.05, 4.69) is 132 Å². The molecule has 0 atom stereocenters. The van der Waals surface area contributed by atoms with Crippen molar-refractivity contribution in [2.45, 2.75) is 0 Å². The molecule has 3 heteroatoms. The van der Waals surface area contributed by atoms with Gasteiger partial charge in [-0.15, -0.1) is 11.3 Å². The number of thiophene rings is 1. The Morgan fingerprint density at radius 1 is 0.487 bits per heavy atom. The van der Waals surface area contributed by atoms with Crippen LogP contribution in [-0.2, 0) is 0 Å². The summed E-state index contributed by atoms with van der Waals surface area (Å²) >= 11 is 1.87. The average Bonchev–Trinajstić information content (AvgIpc) is 3.66. The Morgan fingerprint density at radius 2 is 1.15 bits per heavy atom. The average molecular weight is 516 g/mol. The molecule has 0 amide bonds. The number of hydrogen-bond donors (Lipinski definition) is 0. The van der Waals surface area contributed by atoms with E-state index >= 15 is 0 Å². The van der Waals surface area contributed by atoms with E-state index in [1.54, 1.807) is 0 Å². The number of rotatable bonds is 2. The molecule has 0 aliphatic rings. The molecule has 0 unspecified atom stereocenters. The van der Waals surface area contributed by atoms with E-state index in [-0.39, 0.29) is 0 Å². The molecule has 3 heterocycles. The lowest BCUT2D eigenvalue weighted by Gasteiger charge is -2.09. The smallest absolute Gasteiger partial charge is 0.136 e. The van der Waals surface area contributed by atoms with Crippen LogP contribution in [0.25, 0.3) is 80.7 Å². The predicted octanol–water partition coefficient (Wildman–Crippen LogP) is 10.7. The maximum Gasteiger partial charge on any atom is 0.136 e. The van der Waals surface area contributed by atoms with Crippen LogP contribution in [0.1, 0.15) is 0 Å². The molecule has 9 aromatic rings. The number of hydrogen-bond acceptors (Lipinski definition) is 2. The molecule has 0 bridgehead atoms. The zero-order valence-corrected chi connectivity index (χ0v) is 21.7. The van der Waals surface area contributed by atoms with Gasteiger partial charge in [0, 0.05) is 53.0 Å². The normalized spacial score (nSPS) is 12.1. The lowest BCUT2D eigenvalue weighted by molar-refractivity contribution is 0.669. The summed E-state index contributed by atoms with van der Waals surface area (Å²) in [6, 6.07) is 45.7. The van der Waals surface area contributed by atoms with Crippen LogP contribution in [0, 0.1) is 0 Å². The van der Waals surface area contributed by atoms with Crippen molar-refractivity contribution in [3.8, 4) is 16.8 Å². The van der Waals surface area contributed by atoms with Crippen LogP contribution < -0.4 is 0 Å². The predicted molar refractivity (Wildman–Crippen MR) is 166 cm³/mol. The maximum atomic E-state index is 6.43. The first-order valence-corrected chi connectivity index (χ1v) is 14.0. The van der Waals surface area contributed by atoms with Crippen LogP contribution in [0.2, 0.25) is 0 Å². The van der Waals surface area contributed by atoms with Crippen molar-refractivity contribution < 1.29 is 4.42 Å². The zero-order chi connectivity index (χ0) is 25.5. The van der Waals surface area contributed by atoms with E-state index in [1.807, 2.05) is 11.3 Å². The van der Waals surface area contributed by atoms with Crippen molar-refractivity contribution in [1.29, 1.82) is 0 Å². The number of para-hydroxylation sites is 2. The second-order valence-corrected chi connectivity index (χ2v) is 11.2. The highest BCUT2D eigenvalue weighted by molar-refractivity contribution is 7.26. The van der Waals surface area contributed by atoms with Gasteiger partial charge >= 0.3 is 0 Å². The van der Waals surface area contributed by atoms with Gasteiger partial charge < -0.3 is 8.98 Å². The lowest BCUT2D eigenvalue weighted by Crippen LogP contribution is -1.93. The fraction of sp³-hybridized carbons (Fsp3) is 0. The molecule has 6 aromatic carbocycles. The Labute approximate surface area is 227 Å². The van der Waals surface area contributed by atoms with Crippen LogP contribution in [0.5, 0.6) is 0 Å². The van der Waals surface area contributed by atoms with E-state index in [0.717, 1.165) is 22.2 Å².